The van der Waals surface area contributed by atoms with Crippen LogP contribution in [0.15, 0.2) is 12.1 Å². The number of pyridine rings is 1. The number of ether oxygens (including phenoxy) is 3. The smallest absolute Gasteiger partial charge is 0.362 e. The number of anilines is 1. The van der Waals surface area contributed by atoms with Crippen LogP contribution in [0, 0.1) is 5.41 Å². The summed E-state index contributed by atoms with van der Waals surface area (Å²) in [6, 6.07) is 2.47. The third-order valence-corrected chi connectivity index (χ3v) is 6.19. The molecular weight excluding hydrogens is 407 g/mol. The highest BCUT2D eigenvalue weighted by molar-refractivity contribution is 6.04. The van der Waals surface area contributed by atoms with Crippen molar-refractivity contribution in [1.29, 1.82) is 0 Å². The van der Waals surface area contributed by atoms with Gasteiger partial charge in [0.25, 0.3) is 0 Å². The van der Waals surface area contributed by atoms with Crippen LogP contribution >= 0.6 is 0 Å². The molecule has 1 aromatic rings. The SMILES string of the molecule is CCCCOC(=O)c1ccc(C(F)(C(=O)OC)C(=O)OC)nc1N1CCC2(CC1)CC2. The predicted octanol–water partition coefficient (Wildman–Crippen LogP) is 2.93. The van der Waals surface area contributed by atoms with Crippen molar-refractivity contribution in [3.05, 3.63) is 23.4 Å². The second-order valence-electron chi connectivity index (χ2n) is 8.19. The Bertz CT molecular complexity index is 828. The second kappa shape index (κ2) is 9.20. The van der Waals surface area contributed by atoms with Gasteiger partial charge in [-0.1, -0.05) is 13.3 Å². The van der Waals surface area contributed by atoms with Gasteiger partial charge in [0, 0.05) is 13.1 Å². The molecule has 2 fully saturated rings. The van der Waals surface area contributed by atoms with Crippen molar-refractivity contribution >= 4 is 23.7 Å². The molecule has 0 N–H and O–H groups in total. The molecule has 0 amide bonds. The van der Waals surface area contributed by atoms with E-state index in [1.165, 1.54) is 18.9 Å². The van der Waals surface area contributed by atoms with Crippen LogP contribution in [0.1, 0.15) is 61.5 Å². The number of piperidine rings is 1. The van der Waals surface area contributed by atoms with E-state index in [4.69, 9.17) is 4.74 Å². The summed E-state index contributed by atoms with van der Waals surface area (Å²) in [6.45, 7) is 3.53. The van der Waals surface area contributed by atoms with Gasteiger partial charge in [0.05, 0.1) is 20.8 Å². The van der Waals surface area contributed by atoms with Crippen LogP contribution in [-0.2, 0) is 29.5 Å². The van der Waals surface area contributed by atoms with E-state index < -0.39 is 29.3 Å². The first-order valence-corrected chi connectivity index (χ1v) is 10.6. The van der Waals surface area contributed by atoms with Gasteiger partial charge in [-0.05, 0) is 49.7 Å². The van der Waals surface area contributed by atoms with Crippen LogP contribution in [0.2, 0.25) is 0 Å². The molecule has 2 heterocycles. The maximum Gasteiger partial charge on any atom is 0.362 e. The van der Waals surface area contributed by atoms with Gasteiger partial charge in [0.15, 0.2) is 0 Å². The summed E-state index contributed by atoms with van der Waals surface area (Å²) < 4.78 is 30.0. The maximum atomic E-state index is 15.6. The number of halogens is 1. The van der Waals surface area contributed by atoms with Crippen molar-refractivity contribution in [3.63, 3.8) is 0 Å². The Morgan fingerprint density at radius 2 is 1.71 bits per heavy atom. The lowest BCUT2D eigenvalue weighted by Crippen LogP contribution is -2.43. The van der Waals surface area contributed by atoms with Gasteiger partial charge in [-0.3, -0.25) is 0 Å². The molecule has 8 nitrogen and oxygen atoms in total. The van der Waals surface area contributed by atoms with Crippen LogP contribution in [0.3, 0.4) is 0 Å². The third-order valence-electron chi connectivity index (χ3n) is 6.19. The molecule has 0 atom stereocenters. The maximum absolute atomic E-state index is 15.6. The zero-order valence-electron chi connectivity index (χ0n) is 18.2. The fourth-order valence-corrected chi connectivity index (χ4v) is 3.87. The molecule has 1 saturated heterocycles. The Morgan fingerprint density at radius 3 is 2.23 bits per heavy atom. The Morgan fingerprint density at radius 1 is 1.10 bits per heavy atom. The lowest BCUT2D eigenvalue weighted by atomic mass is 9.93. The lowest BCUT2D eigenvalue weighted by Gasteiger charge is -2.34. The minimum absolute atomic E-state index is 0.170. The van der Waals surface area contributed by atoms with Crippen LogP contribution in [0.25, 0.3) is 0 Å². The monoisotopic (exact) mass is 436 g/mol. The van der Waals surface area contributed by atoms with Crippen molar-refractivity contribution in [2.75, 3.05) is 38.8 Å². The van der Waals surface area contributed by atoms with E-state index in [9.17, 15) is 14.4 Å². The van der Waals surface area contributed by atoms with Crippen LogP contribution in [-0.4, -0.2) is 56.8 Å². The largest absolute Gasteiger partial charge is 0.466 e. The Kier molecular flexibility index (Phi) is 6.81. The lowest BCUT2D eigenvalue weighted by molar-refractivity contribution is -0.172. The van der Waals surface area contributed by atoms with Crippen LogP contribution in [0.4, 0.5) is 10.2 Å². The predicted molar refractivity (Wildman–Crippen MR) is 109 cm³/mol. The average Bonchev–Trinajstić information content (AvgIpc) is 3.56. The van der Waals surface area contributed by atoms with Crippen molar-refractivity contribution < 1.29 is 33.0 Å². The molecule has 1 aromatic heterocycles. The fourth-order valence-electron chi connectivity index (χ4n) is 3.87. The molecule has 0 bridgehead atoms. The summed E-state index contributed by atoms with van der Waals surface area (Å²) in [7, 11) is 1.94. The first kappa shape index (κ1) is 23.0. The third kappa shape index (κ3) is 4.50. The molecule has 0 aromatic carbocycles. The first-order chi connectivity index (χ1) is 14.8. The van der Waals surface area contributed by atoms with E-state index in [1.807, 2.05) is 11.8 Å². The normalized spacial score (nSPS) is 17.2. The van der Waals surface area contributed by atoms with Gasteiger partial charge < -0.3 is 19.1 Å². The number of hydrogen-bond donors (Lipinski definition) is 0. The van der Waals surface area contributed by atoms with E-state index in [0.717, 1.165) is 46.0 Å². The van der Waals surface area contributed by atoms with E-state index in [1.54, 1.807) is 0 Å². The number of unbranched alkanes of at least 4 members (excludes halogenated alkanes) is 1. The highest BCUT2D eigenvalue weighted by atomic mass is 19.1. The summed E-state index contributed by atoms with van der Waals surface area (Å²) in [5, 5.41) is 0. The van der Waals surface area contributed by atoms with Gasteiger partial charge >= 0.3 is 23.6 Å². The number of methoxy groups -OCH3 is 2. The zero-order valence-corrected chi connectivity index (χ0v) is 18.2. The average molecular weight is 436 g/mol. The Balaban J connectivity index is 1.99. The van der Waals surface area contributed by atoms with Crippen molar-refractivity contribution in [2.24, 2.45) is 5.41 Å². The van der Waals surface area contributed by atoms with Crippen molar-refractivity contribution in [1.82, 2.24) is 4.98 Å². The number of hydrogen-bond acceptors (Lipinski definition) is 8. The van der Waals surface area contributed by atoms with Gasteiger partial charge in [0.1, 0.15) is 17.1 Å². The van der Waals surface area contributed by atoms with E-state index in [2.05, 4.69) is 14.5 Å². The van der Waals surface area contributed by atoms with Gasteiger partial charge in [-0.2, -0.15) is 0 Å². The van der Waals surface area contributed by atoms with Gasteiger partial charge in [0.2, 0.25) is 0 Å². The molecule has 31 heavy (non-hydrogen) atoms. The Labute approximate surface area is 181 Å². The molecule has 170 valence electrons. The van der Waals surface area contributed by atoms with E-state index in [0.29, 0.717) is 18.5 Å². The molecule has 0 radical (unpaired) electrons. The molecule has 3 rings (SSSR count). The summed E-state index contributed by atoms with van der Waals surface area (Å²) in [5.41, 5.74) is -3.18. The number of carbonyl (C=O) groups is 3. The van der Waals surface area contributed by atoms with Crippen LogP contribution < -0.4 is 4.90 Å². The first-order valence-electron chi connectivity index (χ1n) is 10.6. The van der Waals surface area contributed by atoms with E-state index >= 15 is 4.39 Å². The molecule has 1 aliphatic carbocycles. The number of rotatable bonds is 8. The van der Waals surface area contributed by atoms with Crippen molar-refractivity contribution in [3.8, 4) is 0 Å². The highest BCUT2D eigenvalue weighted by Crippen LogP contribution is 2.54. The number of nitrogens with zero attached hydrogens (tertiary/aromatic N) is 2. The second-order valence-corrected chi connectivity index (χ2v) is 8.19. The number of aromatic nitrogens is 1. The topological polar surface area (TPSA) is 95.0 Å². The van der Waals surface area contributed by atoms with E-state index in [-0.39, 0.29) is 18.0 Å². The molecule has 2 aliphatic rings. The fraction of sp³-hybridized carbons (Fsp3) is 0.636. The summed E-state index contributed by atoms with van der Waals surface area (Å²) in [4.78, 5) is 43.2. The van der Waals surface area contributed by atoms with Crippen LogP contribution in [0.5, 0.6) is 0 Å². The molecule has 1 spiro atoms. The summed E-state index contributed by atoms with van der Waals surface area (Å²) in [5.74, 6) is -3.25. The molecule has 1 aliphatic heterocycles. The zero-order chi connectivity index (χ0) is 22.6. The Hall–Kier alpha value is -2.71. The number of carbonyl (C=O) groups excluding carboxylic acids is 3. The molecule has 9 heteroatoms. The number of alkyl halides is 1. The molecule has 0 unspecified atom stereocenters. The number of esters is 3. The van der Waals surface area contributed by atoms with Gasteiger partial charge in [-0.25, -0.2) is 23.8 Å². The molecular formula is C22H29FN2O6. The standard InChI is InChI=1S/C22H29FN2O6/c1-4-5-14-31-18(26)15-6-7-16(22(23,19(27)29-2)20(28)30-3)24-17(15)25-12-10-21(8-9-21)11-13-25/h6-7H,4-5,8-14H2,1-3H3. The van der Waals surface area contributed by atoms with Gasteiger partial charge in [-0.15, -0.1) is 0 Å². The minimum atomic E-state index is -3.24. The minimum Gasteiger partial charge on any atom is -0.466 e. The summed E-state index contributed by atoms with van der Waals surface area (Å²) >= 11 is 0. The quantitative estimate of drug-likeness (QED) is 0.266. The highest BCUT2D eigenvalue weighted by Gasteiger charge is 2.53. The molecule has 1 saturated carbocycles. The van der Waals surface area contributed by atoms with Crippen molar-refractivity contribution in [2.45, 2.75) is 51.1 Å². The summed E-state index contributed by atoms with van der Waals surface area (Å²) in [6.07, 6.45) is 5.86.